The lowest BCUT2D eigenvalue weighted by atomic mass is 10.0. The molecule has 2 atom stereocenters. The Labute approximate surface area is 411 Å². The van der Waals surface area contributed by atoms with Crippen LogP contribution in [-0.4, -0.2) is 47.4 Å². The number of hydrogen-bond donors (Lipinski definition) is 3. The van der Waals surface area contributed by atoms with E-state index >= 15 is 0 Å². The standard InChI is InChI=1S/C60H113NO5/c1-3-5-7-9-11-13-15-17-19-21-22-24-25-28-32-36-40-44-48-52-58(63)57(56-62)61-59(64)53-49-45-41-37-33-29-27-31-35-39-43-47-51-55-66-60(65)54-50-46-42-38-34-30-26-23-20-18-16-14-12-10-8-6-4-2/h12,14,18,20,48,52,57-58,62-63H,3-11,13,15-17,19,21-47,49-51,53-56H2,1-2H3,(H,61,64)/b14-12-,20-18-,52-48+. The minimum atomic E-state index is -0.854. The van der Waals surface area contributed by atoms with Gasteiger partial charge in [0, 0.05) is 12.8 Å². The molecule has 66 heavy (non-hydrogen) atoms. The number of ether oxygens (including phenoxy) is 1. The van der Waals surface area contributed by atoms with E-state index in [1.807, 2.05) is 6.08 Å². The van der Waals surface area contributed by atoms with Gasteiger partial charge in [-0.25, -0.2) is 0 Å². The number of esters is 1. The molecular formula is C60H113NO5. The van der Waals surface area contributed by atoms with Crippen LogP contribution in [0.4, 0.5) is 0 Å². The molecule has 0 aromatic carbocycles. The topological polar surface area (TPSA) is 95.9 Å². The van der Waals surface area contributed by atoms with Crippen molar-refractivity contribution in [2.45, 2.75) is 321 Å². The molecule has 0 aliphatic heterocycles. The molecule has 6 heteroatoms. The molecule has 6 nitrogen and oxygen atoms in total. The van der Waals surface area contributed by atoms with Crippen molar-refractivity contribution in [2.75, 3.05) is 13.2 Å². The summed E-state index contributed by atoms with van der Waals surface area (Å²) in [5, 5.41) is 23.2. The number of aliphatic hydroxyl groups excluding tert-OH is 2. The second-order valence-corrected chi connectivity index (χ2v) is 20.0. The third-order valence-corrected chi connectivity index (χ3v) is 13.4. The number of rotatable bonds is 54. The molecule has 0 heterocycles. The summed E-state index contributed by atoms with van der Waals surface area (Å²) in [5.41, 5.74) is 0. The second-order valence-electron chi connectivity index (χ2n) is 20.0. The van der Waals surface area contributed by atoms with Gasteiger partial charge in [0.1, 0.15) is 0 Å². The summed E-state index contributed by atoms with van der Waals surface area (Å²) in [6.45, 7) is 4.86. The summed E-state index contributed by atoms with van der Waals surface area (Å²) in [6.07, 6.45) is 68.7. The van der Waals surface area contributed by atoms with Gasteiger partial charge in [-0.3, -0.25) is 9.59 Å². The summed E-state index contributed by atoms with van der Waals surface area (Å²) in [5.74, 6) is -0.0939. The van der Waals surface area contributed by atoms with Crippen molar-refractivity contribution in [3.05, 3.63) is 36.5 Å². The molecular weight excluding hydrogens is 815 g/mol. The van der Waals surface area contributed by atoms with Gasteiger partial charge in [0.05, 0.1) is 25.4 Å². The maximum atomic E-state index is 12.5. The average Bonchev–Trinajstić information content (AvgIpc) is 3.32. The molecule has 2 unspecified atom stereocenters. The summed E-state index contributed by atoms with van der Waals surface area (Å²) in [7, 11) is 0. The van der Waals surface area contributed by atoms with Gasteiger partial charge in [0.2, 0.25) is 5.91 Å². The van der Waals surface area contributed by atoms with Crippen LogP contribution in [0.1, 0.15) is 309 Å². The van der Waals surface area contributed by atoms with Gasteiger partial charge in [-0.2, -0.15) is 0 Å². The van der Waals surface area contributed by atoms with Crippen LogP contribution in [0.2, 0.25) is 0 Å². The Morgan fingerprint density at radius 2 is 0.758 bits per heavy atom. The van der Waals surface area contributed by atoms with Crippen LogP contribution < -0.4 is 5.32 Å². The highest BCUT2D eigenvalue weighted by Gasteiger charge is 2.18. The largest absolute Gasteiger partial charge is 0.466 e. The van der Waals surface area contributed by atoms with E-state index in [0.717, 1.165) is 64.2 Å². The molecule has 0 fully saturated rings. The molecule has 0 bridgehead atoms. The summed E-state index contributed by atoms with van der Waals surface area (Å²) in [4.78, 5) is 24.5. The van der Waals surface area contributed by atoms with Gasteiger partial charge in [-0.1, -0.05) is 269 Å². The third-order valence-electron chi connectivity index (χ3n) is 13.4. The zero-order valence-corrected chi connectivity index (χ0v) is 44.2. The first-order valence-corrected chi connectivity index (χ1v) is 29.3. The predicted octanol–water partition coefficient (Wildman–Crippen LogP) is 18.0. The Kier molecular flexibility index (Phi) is 54.1. The summed E-state index contributed by atoms with van der Waals surface area (Å²) >= 11 is 0. The Balaban J connectivity index is 3.48. The van der Waals surface area contributed by atoms with Crippen LogP contribution in [-0.2, 0) is 14.3 Å². The van der Waals surface area contributed by atoms with Gasteiger partial charge in [-0.15, -0.1) is 0 Å². The van der Waals surface area contributed by atoms with Gasteiger partial charge in [0.15, 0.2) is 0 Å². The van der Waals surface area contributed by atoms with Crippen LogP contribution in [0.5, 0.6) is 0 Å². The Morgan fingerprint density at radius 3 is 1.18 bits per heavy atom. The molecule has 0 rings (SSSR count). The molecule has 388 valence electrons. The molecule has 0 aliphatic rings. The number of aliphatic hydroxyl groups is 2. The van der Waals surface area contributed by atoms with E-state index in [9.17, 15) is 19.8 Å². The van der Waals surface area contributed by atoms with Crippen LogP contribution in [0.25, 0.3) is 0 Å². The molecule has 0 radical (unpaired) electrons. The molecule has 0 saturated carbocycles. The van der Waals surface area contributed by atoms with E-state index < -0.39 is 12.1 Å². The Hall–Kier alpha value is -1.92. The monoisotopic (exact) mass is 928 g/mol. The van der Waals surface area contributed by atoms with Crippen molar-refractivity contribution in [3.8, 4) is 0 Å². The average molecular weight is 929 g/mol. The fourth-order valence-electron chi connectivity index (χ4n) is 8.90. The molecule has 0 saturated heterocycles. The van der Waals surface area contributed by atoms with Gasteiger partial charge in [-0.05, 0) is 64.2 Å². The molecule has 0 aromatic heterocycles. The highest BCUT2D eigenvalue weighted by molar-refractivity contribution is 5.76. The lowest BCUT2D eigenvalue weighted by molar-refractivity contribution is -0.143. The predicted molar refractivity (Wildman–Crippen MR) is 287 cm³/mol. The molecule has 0 aromatic rings. The fraction of sp³-hybridized carbons (Fsp3) is 0.867. The number of nitrogens with one attached hydrogen (secondary N) is 1. The zero-order valence-electron chi connectivity index (χ0n) is 44.2. The highest BCUT2D eigenvalue weighted by Crippen LogP contribution is 2.17. The van der Waals surface area contributed by atoms with Crippen LogP contribution >= 0.6 is 0 Å². The number of carbonyl (C=O) groups is 2. The lowest BCUT2D eigenvalue weighted by Crippen LogP contribution is -2.45. The maximum Gasteiger partial charge on any atom is 0.305 e. The third kappa shape index (κ3) is 51.5. The molecule has 3 N–H and O–H groups in total. The van der Waals surface area contributed by atoms with Crippen molar-refractivity contribution >= 4 is 11.9 Å². The minimum absolute atomic E-state index is 0.0144. The van der Waals surface area contributed by atoms with Gasteiger partial charge in [0.25, 0.3) is 0 Å². The SMILES string of the molecule is CCCCC/C=C\C/C=C\CCCCCCCCCC(=O)OCCCCCCCCCCCCCCCC(=O)NC(CO)C(O)/C=C/CCCCCCCCCCCCCCCCCCC. The molecule has 0 spiro atoms. The van der Waals surface area contributed by atoms with Crippen molar-refractivity contribution in [3.63, 3.8) is 0 Å². The van der Waals surface area contributed by atoms with Crippen LogP contribution in [0.3, 0.4) is 0 Å². The molecule has 0 aliphatic carbocycles. The lowest BCUT2D eigenvalue weighted by Gasteiger charge is -2.20. The van der Waals surface area contributed by atoms with Crippen molar-refractivity contribution in [2.24, 2.45) is 0 Å². The Morgan fingerprint density at radius 1 is 0.424 bits per heavy atom. The van der Waals surface area contributed by atoms with Crippen LogP contribution in [0.15, 0.2) is 36.5 Å². The zero-order chi connectivity index (χ0) is 47.9. The fourth-order valence-corrected chi connectivity index (χ4v) is 8.90. The number of allylic oxidation sites excluding steroid dienone is 5. The summed E-state index contributed by atoms with van der Waals surface area (Å²) < 4.78 is 5.47. The van der Waals surface area contributed by atoms with Gasteiger partial charge >= 0.3 is 5.97 Å². The minimum Gasteiger partial charge on any atom is -0.466 e. The number of carbonyl (C=O) groups excluding carboxylic acids is 2. The maximum absolute atomic E-state index is 12.5. The van der Waals surface area contributed by atoms with E-state index in [2.05, 4.69) is 43.5 Å². The van der Waals surface area contributed by atoms with Gasteiger partial charge < -0.3 is 20.3 Å². The van der Waals surface area contributed by atoms with E-state index in [4.69, 9.17) is 4.74 Å². The van der Waals surface area contributed by atoms with E-state index in [-0.39, 0.29) is 18.5 Å². The van der Waals surface area contributed by atoms with Crippen molar-refractivity contribution in [1.29, 1.82) is 0 Å². The number of hydrogen-bond acceptors (Lipinski definition) is 5. The van der Waals surface area contributed by atoms with Crippen LogP contribution in [0, 0.1) is 0 Å². The quantitative estimate of drug-likeness (QED) is 0.0321. The second kappa shape index (κ2) is 55.7. The first-order chi connectivity index (χ1) is 32.5. The number of unbranched alkanes of at least 4 members (excludes halogenated alkanes) is 39. The van der Waals surface area contributed by atoms with Crippen molar-refractivity contribution in [1.82, 2.24) is 5.32 Å². The Bertz CT molecular complexity index is 1070. The smallest absolute Gasteiger partial charge is 0.305 e. The first kappa shape index (κ1) is 64.1. The van der Waals surface area contributed by atoms with E-state index in [1.165, 1.54) is 218 Å². The van der Waals surface area contributed by atoms with Crippen molar-refractivity contribution < 1.29 is 24.5 Å². The normalized spacial score (nSPS) is 12.8. The van der Waals surface area contributed by atoms with E-state index in [0.29, 0.717) is 19.4 Å². The number of amides is 1. The summed E-state index contributed by atoms with van der Waals surface area (Å²) in [6, 6.07) is -0.639. The van der Waals surface area contributed by atoms with E-state index in [1.54, 1.807) is 6.08 Å². The first-order valence-electron chi connectivity index (χ1n) is 29.3. The molecule has 1 amide bonds. The highest BCUT2D eigenvalue weighted by atomic mass is 16.5.